The van der Waals surface area contributed by atoms with Crippen LogP contribution < -0.4 is 20.9 Å². The van der Waals surface area contributed by atoms with Crippen LogP contribution in [0.15, 0.2) is 47.6 Å². The van der Waals surface area contributed by atoms with Gasteiger partial charge < -0.3 is 20.9 Å². The second kappa shape index (κ2) is 8.60. The van der Waals surface area contributed by atoms with E-state index >= 15 is 0 Å². The van der Waals surface area contributed by atoms with E-state index in [1.807, 2.05) is 42.6 Å². The molecule has 0 aliphatic carbocycles. The summed E-state index contributed by atoms with van der Waals surface area (Å²) in [5, 5.41) is 0. The van der Waals surface area contributed by atoms with E-state index in [-0.39, 0.29) is 17.7 Å². The predicted molar refractivity (Wildman–Crippen MR) is 117 cm³/mol. The second-order valence-corrected chi connectivity index (χ2v) is 6.84. The van der Waals surface area contributed by atoms with Crippen LogP contribution in [-0.2, 0) is 0 Å². The Bertz CT molecular complexity index is 1050. The molecular formula is C22H25N5O2. The van der Waals surface area contributed by atoms with Crippen molar-refractivity contribution in [1.29, 1.82) is 0 Å². The lowest BCUT2D eigenvalue weighted by Gasteiger charge is -2.19. The summed E-state index contributed by atoms with van der Waals surface area (Å²) in [6, 6.07) is 12.0. The smallest absolute Gasteiger partial charge is 0.222 e. The number of anilines is 2. The largest absolute Gasteiger partial charge is 0.496 e. The molecule has 3 aromatic rings. The Morgan fingerprint density at radius 2 is 1.86 bits per heavy atom. The molecule has 0 aliphatic rings. The van der Waals surface area contributed by atoms with Crippen molar-refractivity contribution in [3.63, 3.8) is 0 Å². The first kappa shape index (κ1) is 20.1. The van der Waals surface area contributed by atoms with Gasteiger partial charge in [-0.15, -0.1) is 0 Å². The van der Waals surface area contributed by atoms with Crippen LogP contribution >= 0.6 is 0 Å². The Labute approximate surface area is 170 Å². The van der Waals surface area contributed by atoms with Gasteiger partial charge in [-0.2, -0.15) is 4.98 Å². The first-order chi connectivity index (χ1) is 13.9. The van der Waals surface area contributed by atoms with E-state index in [4.69, 9.17) is 20.9 Å². The Morgan fingerprint density at radius 1 is 1.07 bits per heavy atom. The average Bonchev–Trinajstić information content (AvgIpc) is 2.70. The highest BCUT2D eigenvalue weighted by molar-refractivity contribution is 5.84. The standard InChI is InChI=1S/C22H25N5O2/c1-13(2)16-9-18(28-4)17(15-7-5-6-14(8-15)11-25-3)10-19(16)29-20-12-26-22(24)27-21(20)23/h5-13H,1-4H3,(H4,23,24,26,27)/b25-11-. The maximum atomic E-state index is 6.11. The summed E-state index contributed by atoms with van der Waals surface area (Å²) in [4.78, 5) is 12.0. The third-order valence-corrected chi connectivity index (χ3v) is 4.45. The number of hydrogen-bond acceptors (Lipinski definition) is 7. The Kier molecular flexibility index (Phi) is 5.97. The van der Waals surface area contributed by atoms with Crippen LogP contribution in [0.2, 0.25) is 0 Å². The summed E-state index contributed by atoms with van der Waals surface area (Å²) >= 11 is 0. The van der Waals surface area contributed by atoms with Gasteiger partial charge in [-0.1, -0.05) is 32.0 Å². The minimum absolute atomic E-state index is 0.101. The molecule has 0 atom stereocenters. The maximum Gasteiger partial charge on any atom is 0.222 e. The summed E-state index contributed by atoms with van der Waals surface area (Å²) in [5.41, 5.74) is 15.4. The summed E-state index contributed by atoms with van der Waals surface area (Å²) in [6.45, 7) is 4.17. The van der Waals surface area contributed by atoms with Gasteiger partial charge >= 0.3 is 0 Å². The monoisotopic (exact) mass is 391 g/mol. The molecule has 0 bridgehead atoms. The van der Waals surface area contributed by atoms with E-state index in [0.717, 1.165) is 28.0 Å². The fourth-order valence-electron chi connectivity index (χ4n) is 3.04. The third-order valence-electron chi connectivity index (χ3n) is 4.45. The van der Waals surface area contributed by atoms with Gasteiger partial charge in [-0.25, -0.2) is 4.98 Å². The van der Waals surface area contributed by atoms with E-state index in [2.05, 4.69) is 28.8 Å². The Balaban J connectivity index is 2.14. The quantitative estimate of drug-likeness (QED) is 0.607. The van der Waals surface area contributed by atoms with Crippen LogP contribution in [0.4, 0.5) is 11.8 Å². The van der Waals surface area contributed by atoms with Crippen LogP contribution in [0.1, 0.15) is 30.9 Å². The molecule has 150 valence electrons. The molecule has 7 nitrogen and oxygen atoms in total. The van der Waals surface area contributed by atoms with Crippen LogP contribution in [0.25, 0.3) is 11.1 Å². The fourth-order valence-corrected chi connectivity index (χ4v) is 3.04. The van der Waals surface area contributed by atoms with Gasteiger partial charge in [0.25, 0.3) is 0 Å². The van der Waals surface area contributed by atoms with Crippen molar-refractivity contribution >= 4 is 18.0 Å². The maximum absolute atomic E-state index is 6.11. The van der Waals surface area contributed by atoms with Crippen molar-refractivity contribution in [2.75, 3.05) is 25.6 Å². The highest BCUT2D eigenvalue weighted by Gasteiger charge is 2.17. The van der Waals surface area contributed by atoms with E-state index in [1.165, 1.54) is 6.20 Å². The molecule has 0 amide bonds. The topological polar surface area (TPSA) is 109 Å². The zero-order valence-electron chi connectivity index (χ0n) is 17.0. The zero-order chi connectivity index (χ0) is 21.0. The normalized spacial score (nSPS) is 11.2. The van der Waals surface area contributed by atoms with Crippen molar-refractivity contribution in [2.24, 2.45) is 4.99 Å². The highest BCUT2D eigenvalue weighted by Crippen LogP contribution is 2.41. The lowest BCUT2D eigenvalue weighted by molar-refractivity contribution is 0.412. The van der Waals surface area contributed by atoms with Crippen LogP contribution in [0.3, 0.4) is 0 Å². The number of benzene rings is 2. The highest BCUT2D eigenvalue weighted by atomic mass is 16.5. The summed E-state index contributed by atoms with van der Waals surface area (Å²) < 4.78 is 11.8. The second-order valence-electron chi connectivity index (χ2n) is 6.84. The average molecular weight is 391 g/mol. The molecule has 0 unspecified atom stereocenters. The number of hydrogen-bond donors (Lipinski definition) is 2. The zero-order valence-corrected chi connectivity index (χ0v) is 17.0. The van der Waals surface area contributed by atoms with Crippen LogP contribution in [0, 0.1) is 0 Å². The molecule has 3 rings (SSSR count). The third kappa shape index (κ3) is 4.45. The van der Waals surface area contributed by atoms with Crippen molar-refractivity contribution in [3.8, 4) is 28.4 Å². The molecule has 0 radical (unpaired) electrons. The van der Waals surface area contributed by atoms with E-state index < -0.39 is 0 Å². The summed E-state index contributed by atoms with van der Waals surface area (Å²) in [7, 11) is 3.41. The van der Waals surface area contributed by atoms with Crippen molar-refractivity contribution in [3.05, 3.63) is 53.7 Å². The fraction of sp³-hybridized carbons (Fsp3) is 0.227. The molecule has 2 aromatic carbocycles. The van der Waals surface area contributed by atoms with Gasteiger partial charge in [0.2, 0.25) is 5.95 Å². The van der Waals surface area contributed by atoms with E-state index in [1.54, 1.807) is 14.2 Å². The number of nitrogens with two attached hydrogens (primary N) is 2. The minimum Gasteiger partial charge on any atom is -0.496 e. The molecule has 4 N–H and O–H groups in total. The lowest BCUT2D eigenvalue weighted by Crippen LogP contribution is -2.03. The van der Waals surface area contributed by atoms with Gasteiger partial charge in [0.15, 0.2) is 11.6 Å². The minimum atomic E-state index is 0.101. The molecule has 29 heavy (non-hydrogen) atoms. The molecule has 0 saturated carbocycles. The molecule has 0 fully saturated rings. The van der Waals surface area contributed by atoms with Crippen molar-refractivity contribution < 1.29 is 9.47 Å². The summed E-state index contributed by atoms with van der Waals surface area (Å²) in [6.07, 6.45) is 3.28. The van der Waals surface area contributed by atoms with Gasteiger partial charge in [0, 0.05) is 24.4 Å². The molecule has 7 heteroatoms. The SMILES string of the molecule is C/N=C\c1cccc(-c2cc(Oc3cnc(N)nc3N)c(C(C)C)cc2OC)c1. The van der Waals surface area contributed by atoms with Crippen molar-refractivity contribution in [1.82, 2.24) is 9.97 Å². The molecular weight excluding hydrogens is 366 g/mol. The van der Waals surface area contributed by atoms with Gasteiger partial charge in [-0.3, -0.25) is 4.99 Å². The van der Waals surface area contributed by atoms with E-state index in [9.17, 15) is 0 Å². The van der Waals surface area contributed by atoms with Gasteiger partial charge in [0.1, 0.15) is 11.5 Å². The number of aliphatic imine (C=N–C) groups is 1. The Morgan fingerprint density at radius 3 is 2.52 bits per heavy atom. The van der Waals surface area contributed by atoms with Gasteiger partial charge in [0.05, 0.1) is 13.3 Å². The molecule has 1 heterocycles. The molecule has 1 aromatic heterocycles. The number of nitrogen functional groups attached to an aromatic ring is 2. The number of rotatable bonds is 6. The number of ether oxygens (including phenoxy) is 2. The molecule has 0 aliphatic heterocycles. The van der Waals surface area contributed by atoms with E-state index in [0.29, 0.717) is 11.5 Å². The number of methoxy groups -OCH3 is 1. The lowest BCUT2D eigenvalue weighted by atomic mass is 9.95. The predicted octanol–water partition coefficient (Wildman–Crippen LogP) is 4.28. The number of nitrogens with zero attached hydrogens (tertiary/aromatic N) is 3. The number of aromatic nitrogens is 2. The molecule has 0 spiro atoms. The molecule has 0 saturated heterocycles. The Hall–Kier alpha value is -3.61. The summed E-state index contributed by atoms with van der Waals surface area (Å²) in [5.74, 6) is 2.25. The van der Waals surface area contributed by atoms with Crippen molar-refractivity contribution in [2.45, 2.75) is 19.8 Å². The first-order valence-electron chi connectivity index (χ1n) is 9.23. The van der Waals surface area contributed by atoms with Crippen LogP contribution in [-0.4, -0.2) is 30.3 Å². The van der Waals surface area contributed by atoms with Crippen LogP contribution in [0.5, 0.6) is 17.2 Å². The van der Waals surface area contributed by atoms with Gasteiger partial charge in [-0.05, 0) is 35.2 Å². The first-order valence-corrected chi connectivity index (χ1v) is 9.23.